The molecule has 0 radical (unpaired) electrons. The van der Waals surface area contributed by atoms with E-state index < -0.39 is 0 Å². The lowest BCUT2D eigenvalue weighted by atomic mass is 9.87. The highest BCUT2D eigenvalue weighted by molar-refractivity contribution is 5.84. The molecule has 2 fully saturated rings. The molecule has 0 spiro atoms. The van der Waals surface area contributed by atoms with E-state index in [0.717, 1.165) is 37.0 Å². The lowest BCUT2D eigenvalue weighted by molar-refractivity contribution is -0.151. The molecule has 3 atom stereocenters. The summed E-state index contributed by atoms with van der Waals surface area (Å²) in [7, 11) is 0. The summed E-state index contributed by atoms with van der Waals surface area (Å²) in [6.07, 6.45) is 6.56. The van der Waals surface area contributed by atoms with Gasteiger partial charge in [0.05, 0.1) is 30.9 Å². The summed E-state index contributed by atoms with van der Waals surface area (Å²) < 4.78 is 24.8. The summed E-state index contributed by atoms with van der Waals surface area (Å²) in [6, 6.07) is 10.1. The maximum Gasteiger partial charge on any atom is 0.230 e. The Kier molecular flexibility index (Phi) is 5.07. The molecule has 2 aliphatic rings. The first kappa shape index (κ1) is 17.3. The number of hydrogen-bond donors (Lipinski definition) is 0. The summed E-state index contributed by atoms with van der Waals surface area (Å²) in [6.45, 7) is 1.21. The maximum atomic E-state index is 13.5. The highest BCUT2D eigenvalue weighted by atomic mass is 19.1. The first-order valence-electron chi connectivity index (χ1n) is 9.42. The van der Waals surface area contributed by atoms with Crippen LogP contribution in [0.2, 0.25) is 0 Å². The van der Waals surface area contributed by atoms with E-state index in [1.165, 1.54) is 12.1 Å². The van der Waals surface area contributed by atoms with E-state index in [0.29, 0.717) is 19.6 Å². The van der Waals surface area contributed by atoms with Crippen LogP contribution >= 0.6 is 0 Å². The summed E-state index contributed by atoms with van der Waals surface area (Å²) in [5, 5.41) is 0. The van der Waals surface area contributed by atoms with E-state index in [1.54, 1.807) is 18.4 Å². The van der Waals surface area contributed by atoms with Crippen molar-refractivity contribution in [2.24, 2.45) is 0 Å². The van der Waals surface area contributed by atoms with Gasteiger partial charge < -0.3 is 14.1 Å². The molecule has 4 nitrogen and oxygen atoms in total. The summed E-state index contributed by atoms with van der Waals surface area (Å²) in [5.41, 5.74) is 0.826. The third-order valence-corrected chi connectivity index (χ3v) is 5.57. The number of ether oxygens (including phenoxy) is 1. The fourth-order valence-electron chi connectivity index (χ4n) is 4.24. The minimum absolute atomic E-state index is 0.0909. The SMILES string of the molecule is O=C(C(Cc1ccco1)c1ccc(F)cc1)N1CCOC2CCCCC21. The van der Waals surface area contributed by atoms with Gasteiger partial charge in [-0.3, -0.25) is 4.79 Å². The van der Waals surface area contributed by atoms with Crippen LogP contribution in [0, 0.1) is 5.82 Å². The number of rotatable bonds is 4. The molecule has 1 aromatic carbocycles. The monoisotopic (exact) mass is 357 g/mol. The molecule has 1 saturated carbocycles. The third-order valence-electron chi connectivity index (χ3n) is 5.57. The van der Waals surface area contributed by atoms with Crippen molar-refractivity contribution < 1.29 is 18.3 Å². The van der Waals surface area contributed by atoms with Crippen molar-refractivity contribution in [2.75, 3.05) is 13.2 Å². The molecule has 4 rings (SSSR count). The predicted octanol–water partition coefficient (Wildman–Crippen LogP) is 3.92. The second kappa shape index (κ2) is 7.62. The number of furan rings is 1. The van der Waals surface area contributed by atoms with Gasteiger partial charge in [-0.2, -0.15) is 0 Å². The molecule has 2 heterocycles. The molecule has 1 aliphatic carbocycles. The quantitative estimate of drug-likeness (QED) is 0.833. The predicted molar refractivity (Wildman–Crippen MR) is 95.3 cm³/mol. The fraction of sp³-hybridized carbons (Fsp3) is 0.476. The largest absolute Gasteiger partial charge is 0.469 e. The van der Waals surface area contributed by atoms with Crippen LogP contribution in [0.1, 0.15) is 42.9 Å². The van der Waals surface area contributed by atoms with Crippen LogP contribution in [-0.2, 0) is 16.0 Å². The van der Waals surface area contributed by atoms with Gasteiger partial charge in [0, 0.05) is 13.0 Å². The highest BCUT2D eigenvalue weighted by Crippen LogP contribution is 2.32. The van der Waals surface area contributed by atoms with Crippen molar-refractivity contribution in [1.82, 2.24) is 4.90 Å². The number of nitrogens with zero attached hydrogens (tertiary/aromatic N) is 1. The molecule has 2 aromatic rings. The molecule has 5 heteroatoms. The number of amides is 1. The van der Waals surface area contributed by atoms with Gasteiger partial charge in [-0.25, -0.2) is 4.39 Å². The molecule has 0 N–H and O–H groups in total. The second-order valence-corrected chi connectivity index (χ2v) is 7.18. The molecule has 138 valence electrons. The average Bonchev–Trinajstić information content (AvgIpc) is 3.19. The fourth-order valence-corrected chi connectivity index (χ4v) is 4.24. The van der Waals surface area contributed by atoms with Crippen LogP contribution in [0.25, 0.3) is 0 Å². The molecule has 3 unspecified atom stereocenters. The van der Waals surface area contributed by atoms with Crippen LogP contribution in [0.15, 0.2) is 47.1 Å². The molecule has 0 bridgehead atoms. The lowest BCUT2D eigenvalue weighted by Crippen LogP contribution is -2.56. The van der Waals surface area contributed by atoms with Gasteiger partial charge in [0.15, 0.2) is 0 Å². The molecule has 1 saturated heterocycles. The van der Waals surface area contributed by atoms with Crippen molar-refractivity contribution in [3.05, 3.63) is 59.8 Å². The molecule has 1 aromatic heterocycles. The van der Waals surface area contributed by atoms with Crippen molar-refractivity contribution in [3.63, 3.8) is 0 Å². The lowest BCUT2D eigenvalue weighted by Gasteiger charge is -2.45. The number of morpholine rings is 1. The first-order valence-corrected chi connectivity index (χ1v) is 9.42. The van der Waals surface area contributed by atoms with Crippen molar-refractivity contribution in [1.29, 1.82) is 0 Å². The van der Waals surface area contributed by atoms with Crippen LogP contribution in [0.3, 0.4) is 0 Å². The maximum absolute atomic E-state index is 13.5. The summed E-state index contributed by atoms with van der Waals surface area (Å²) in [4.78, 5) is 15.5. The Balaban J connectivity index is 1.61. The van der Waals surface area contributed by atoms with Gasteiger partial charge in [-0.1, -0.05) is 25.0 Å². The zero-order valence-corrected chi connectivity index (χ0v) is 14.8. The molecule has 1 aliphatic heterocycles. The summed E-state index contributed by atoms with van der Waals surface area (Å²) >= 11 is 0. The van der Waals surface area contributed by atoms with Gasteiger partial charge in [0.1, 0.15) is 11.6 Å². The number of carbonyl (C=O) groups excluding carboxylic acids is 1. The third kappa shape index (κ3) is 3.54. The highest BCUT2D eigenvalue weighted by Gasteiger charge is 2.39. The zero-order chi connectivity index (χ0) is 17.9. The Morgan fingerprint density at radius 2 is 2.00 bits per heavy atom. The topological polar surface area (TPSA) is 42.7 Å². The average molecular weight is 357 g/mol. The van der Waals surface area contributed by atoms with E-state index in [4.69, 9.17) is 9.15 Å². The smallest absolute Gasteiger partial charge is 0.230 e. The Bertz CT molecular complexity index is 726. The van der Waals surface area contributed by atoms with Crippen LogP contribution in [0.4, 0.5) is 4.39 Å². The van der Waals surface area contributed by atoms with Gasteiger partial charge in [0.2, 0.25) is 5.91 Å². The van der Waals surface area contributed by atoms with Gasteiger partial charge >= 0.3 is 0 Å². The van der Waals surface area contributed by atoms with Gasteiger partial charge in [-0.15, -0.1) is 0 Å². The van der Waals surface area contributed by atoms with Crippen LogP contribution in [0.5, 0.6) is 0 Å². The van der Waals surface area contributed by atoms with Gasteiger partial charge in [0.25, 0.3) is 0 Å². The molecule has 1 amide bonds. The van der Waals surface area contributed by atoms with Crippen molar-refractivity contribution in [3.8, 4) is 0 Å². The number of benzene rings is 1. The molecular formula is C21H24FNO3. The Hall–Kier alpha value is -2.14. The summed E-state index contributed by atoms with van der Waals surface area (Å²) in [5.74, 6) is 0.188. The number of hydrogen-bond acceptors (Lipinski definition) is 3. The normalized spacial score (nSPS) is 24.1. The second-order valence-electron chi connectivity index (χ2n) is 7.18. The number of fused-ring (bicyclic) bond motifs is 1. The van der Waals surface area contributed by atoms with E-state index in [1.807, 2.05) is 17.0 Å². The number of carbonyl (C=O) groups is 1. The van der Waals surface area contributed by atoms with Gasteiger partial charge in [-0.05, 0) is 42.7 Å². The van der Waals surface area contributed by atoms with Crippen molar-refractivity contribution >= 4 is 5.91 Å². The van der Waals surface area contributed by atoms with E-state index in [2.05, 4.69) is 0 Å². The van der Waals surface area contributed by atoms with Crippen molar-refractivity contribution in [2.45, 2.75) is 50.2 Å². The minimum Gasteiger partial charge on any atom is -0.469 e. The Morgan fingerprint density at radius 1 is 1.19 bits per heavy atom. The van der Waals surface area contributed by atoms with Crippen LogP contribution < -0.4 is 0 Å². The Morgan fingerprint density at radius 3 is 2.77 bits per heavy atom. The Labute approximate surface area is 152 Å². The first-order chi connectivity index (χ1) is 12.7. The zero-order valence-electron chi connectivity index (χ0n) is 14.8. The van der Waals surface area contributed by atoms with E-state index in [-0.39, 0.29) is 29.8 Å². The number of halogens is 1. The van der Waals surface area contributed by atoms with E-state index in [9.17, 15) is 9.18 Å². The molecular weight excluding hydrogens is 333 g/mol. The standard InChI is InChI=1S/C21H24FNO3/c22-16-9-7-15(8-10-16)18(14-17-4-3-12-25-17)21(24)23-11-13-26-20-6-2-1-5-19(20)23/h3-4,7-10,12,18-20H,1-2,5-6,11,13-14H2. The van der Waals surface area contributed by atoms with Crippen LogP contribution in [-0.4, -0.2) is 36.1 Å². The minimum atomic E-state index is -0.373. The van der Waals surface area contributed by atoms with E-state index >= 15 is 0 Å². The molecule has 26 heavy (non-hydrogen) atoms.